The van der Waals surface area contributed by atoms with E-state index in [1.807, 2.05) is 6.20 Å². The Morgan fingerprint density at radius 3 is 2.58 bits per heavy atom. The van der Waals surface area contributed by atoms with E-state index in [0.717, 1.165) is 11.0 Å². The molecule has 0 unspecified atom stereocenters. The Labute approximate surface area is 113 Å². The van der Waals surface area contributed by atoms with Crippen molar-refractivity contribution in [1.29, 1.82) is 0 Å². The third-order valence-electron chi connectivity index (χ3n) is 4.33. The number of para-hydroxylation sites is 1. The second-order valence-electron chi connectivity index (χ2n) is 5.92. The van der Waals surface area contributed by atoms with Gasteiger partial charge in [-0.15, -0.1) is 0 Å². The van der Waals surface area contributed by atoms with Crippen LogP contribution >= 0.6 is 0 Å². The standard InChI is InChI=1S/C16H19N3/c1-11(2)16(3,4)19-14-8-6-5-7-12(14)13-9-17-10-18-15(13)19/h5-11H,1-4H3. The van der Waals surface area contributed by atoms with Crippen molar-refractivity contribution in [2.24, 2.45) is 5.92 Å². The zero-order chi connectivity index (χ0) is 13.6. The third kappa shape index (κ3) is 1.65. The Morgan fingerprint density at radius 2 is 1.84 bits per heavy atom. The van der Waals surface area contributed by atoms with E-state index < -0.39 is 0 Å². The minimum Gasteiger partial charge on any atom is -0.319 e. The molecule has 1 aromatic carbocycles. The summed E-state index contributed by atoms with van der Waals surface area (Å²) in [7, 11) is 0. The van der Waals surface area contributed by atoms with Gasteiger partial charge in [-0.1, -0.05) is 32.0 Å². The van der Waals surface area contributed by atoms with Gasteiger partial charge in [0.15, 0.2) is 0 Å². The van der Waals surface area contributed by atoms with Gasteiger partial charge in [-0.2, -0.15) is 0 Å². The molecule has 19 heavy (non-hydrogen) atoms. The molecule has 0 aliphatic rings. The van der Waals surface area contributed by atoms with Gasteiger partial charge in [0, 0.05) is 22.5 Å². The molecular weight excluding hydrogens is 234 g/mol. The molecule has 0 aliphatic carbocycles. The van der Waals surface area contributed by atoms with E-state index in [9.17, 15) is 0 Å². The summed E-state index contributed by atoms with van der Waals surface area (Å²) in [5, 5.41) is 2.36. The zero-order valence-electron chi connectivity index (χ0n) is 11.9. The highest BCUT2D eigenvalue weighted by atomic mass is 15.1. The van der Waals surface area contributed by atoms with Crippen LogP contribution in [0.15, 0.2) is 36.8 Å². The average Bonchev–Trinajstić information content (AvgIpc) is 2.73. The molecule has 2 heterocycles. The van der Waals surface area contributed by atoms with Gasteiger partial charge in [0.05, 0.1) is 5.52 Å². The second-order valence-corrected chi connectivity index (χ2v) is 5.92. The van der Waals surface area contributed by atoms with Crippen molar-refractivity contribution in [3.8, 4) is 0 Å². The fourth-order valence-electron chi connectivity index (χ4n) is 2.54. The summed E-state index contributed by atoms with van der Waals surface area (Å²) in [6.45, 7) is 9.04. The zero-order valence-corrected chi connectivity index (χ0v) is 11.9. The molecular formula is C16H19N3. The first-order chi connectivity index (χ1) is 9.03. The maximum absolute atomic E-state index is 4.52. The molecule has 3 rings (SSSR count). The summed E-state index contributed by atoms with van der Waals surface area (Å²) >= 11 is 0. The van der Waals surface area contributed by atoms with Gasteiger partial charge in [-0.05, 0) is 25.8 Å². The highest BCUT2D eigenvalue weighted by Gasteiger charge is 2.28. The number of fused-ring (bicyclic) bond motifs is 3. The summed E-state index contributed by atoms with van der Waals surface area (Å²) in [6.07, 6.45) is 3.55. The first-order valence-electron chi connectivity index (χ1n) is 6.73. The Bertz CT molecular complexity index is 685. The monoisotopic (exact) mass is 253 g/mol. The van der Waals surface area contributed by atoms with Crippen molar-refractivity contribution in [3.63, 3.8) is 0 Å². The van der Waals surface area contributed by atoms with Gasteiger partial charge in [0.25, 0.3) is 0 Å². The lowest BCUT2D eigenvalue weighted by atomic mass is 9.90. The Kier molecular flexibility index (Phi) is 2.59. The number of rotatable bonds is 2. The van der Waals surface area contributed by atoms with Gasteiger partial charge in [0.2, 0.25) is 0 Å². The van der Waals surface area contributed by atoms with Crippen molar-refractivity contribution in [2.45, 2.75) is 33.2 Å². The number of benzene rings is 1. The molecule has 0 spiro atoms. The van der Waals surface area contributed by atoms with E-state index >= 15 is 0 Å². The maximum Gasteiger partial charge on any atom is 0.144 e. The van der Waals surface area contributed by atoms with E-state index in [2.05, 4.69) is 66.5 Å². The summed E-state index contributed by atoms with van der Waals surface area (Å²) in [4.78, 5) is 8.70. The molecule has 0 radical (unpaired) electrons. The predicted molar refractivity (Wildman–Crippen MR) is 79.2 cm³/mol. The van der Waals surface area contributed by atoms with Crippen molar-refractivity contribution in [2.75, 3.05) is 0 Å². The SMILES string of the molecule is CC(C)C(C)(C)n1c2ccccc2c2cncnc21. The minimum absolute atomic E-state index is 0.00963. The predicted octanol–water partition coefficient (Wildman–Crippen LogP) is 3.98. The number of hydrogen-bond donors (Lipinski definition) is 0. The normalized spacial score (nSPS) is 12.7. The molecule has 0 fully saturated rings. The smallest absolute Gasteiger partial charge is 0.144 e. The summed E-state index contributed by atoms with van der Waals surface area (Å²) < 4.78 is 2.35. The van der Waals surface area contributed by atoms with E-state index in [0.29, 0.717) is 5.92 Å². The number of aromatic nitrogens is 3. The fraction of sp³-hybridized carbons (Fsp3) is 0.375. The van der Waals surface area contributed by atoms with Gasteiger partial charge in [-0.3, -0.25) is 0 Å². The molecule has 0 saturated carbocycles. The van der Waals surface area contributed by atoms with Crippen LogP contribution in [0.5, 0.6) is 0 Å². The number of hydrogen-bond acceptors (Lipinski definition) is 2. The highest BCUT2D eigenvalue weighted by Crippen LogP contribution is 2.35. The lowest BCUT2D eigenvalue weighted by Crippen LogP contribution is -2.32. The minimum atomic E-state index is 0.00963. The molecule has 0 atom stereocenters. The van der Waals surface area contributed by atoms with Gasteiger partial charge in [-0.25, -0.2) is 9.97 Å². The van der Waals surface area contributed by atoms with Crippen LogP contribution in [-0.2, 0) is 5.54 Å². The quantitative estimate of drug-likeness (QED) is 0.691. The van der Waals surface area contributed by atoms with Crippen LogP contribution in [0.25, 0.3) is 21.9 Å². The van der Waals surface area contributed by atoms with Gasteiger partial charge < -0.3 is 4.57 Å². The molecule has 0 bridgehead atoms. The van der Waals surface area contributed by atoms with Crippen LogP contribution in [0.1, 0.15) is 27.7 Å². The number of nitrogens with zero attached hydrogens (tertiary/aromatic N) is 3. The van der Waals surface area contributed by atoms with E-state index in [4.69, 9.17) is 0 Å². The van der Waals surface area contributed by atoms with Crippen molar-refractivity contribution >= 4 is 21.9 Å². The van der Waals surface area contributed by atoms with E-state index in [1.165, 1.54) is 10.9 Å². The highest BCUT2D eigenvalue weighted by molar-refractivity contribution is 6.06. The summed E-state index contributed by atoms with van der Waals surface area (Å²) in [5.74, 6) is 0.515. The van der Waals surface area contributed by atoms with Crippen LogP contribution in [0.2, 0.25) is 0 Å². The lowest BCUT2D eigenvalue weighted by Gasteiger charge is -2.32. The molecule has 3 nitrogen and oxygen atoms in total. The molecule has 0 N–H and O–H groups in total. The first-order valence-corrected chi connectivity index (χ1v) is 6.73. The van der Waals surface area contributed by atoms with Crippen LogP contribution in [0.3, 0.4) is 0 Å². The topological polar surface area (TPSA) is 30.7 Å². The molecule has 98 valence electrons. The first kappa shape index (κ1) is 12.2. The van der Waals surface area contributed by atoms with Crippen molar-refractivity contribution < 1.29 is 0 Å². The summed E-state index contributed by atoms with van der Waals surface area (Å²) in [6, 6.07) is 8.47. The average molecular weight is 253 g/mol. The van der Waals surface area contributed by atoms with Crippen molar-refractivity contribution in [3.05, 3.63) is 36.8 Å². The Hall–Kier alpha value is -1.90. The second kappa shape index (κ2) is 4.05. The third-order valence-corrected chi connectivity index (χ3v) is 4.33. The van der Waals surface area contributed by atoms with Crippen LogP contribution in [0.4, 0.5) is 0 Å². The molecule has 0 amide bonds. The lowest BCUT2D eigenvalue weighted by molar-refractivity contribution is 0.265. The van der Waals surface area contributed by atoms with Gasteiger partial charge >= 0.3 is 0 Å². The van der Waals surface area contributed by atoms with Crippen LogP contribution < -0.4 is 0 Å². The maximum atomic E-state index is 4.52. The van der Waals surface area contributed by atoms with Crippen molar-refractivity contribution in [1.82, 2.24) is 14.5 Å². The van der Waals surface area contributed by atoms with Crippen LogP contribution in [0, 0.1) is 5.92 Å². The largest absolute Gasteiger partial charge is 0.319 e. The van der Waals surface area contributed by atoms with E-state index in [-0.39, 0.29) is 5.54 Å². The summed E-state index contributed by atoms with van der Waals surface area (Å²) in [5.41, 5.74) is 2.27. The van der Waals surface area contributed by atoms with Crippen LogP contribution in [-0.4, -0.2) is 14.5 Å². The molecule has 3 heteroatoms. The Morgan fingerprint density at radius 1 is 1.11 bits per heavy atom. The molecule has 0 saturated heterocycles. The molecule has 2 aromatic heterocycles. The van der Waals surface area contributed by atoms with Gasteiger partial charge in [0.1, 0.15) is 12.0 Å². The molecule has 0 aliphatic heterocycles. The fourth-order valence-corrected chi connectivity index (χ4v) is 2.54. The van der Waals surface area contributed by atoms with E-state index in [1.54, 1.807) is 6.33 Å². The molecule has 3 aromatic rings. The Balaban J connectivity index is 2.50.